The first-order valence-electron chi connectivity index (χ1n) is 7.13. The summed E-state index contributed by atoms with van der Waals surface area (Å²) >= 11 is 3.66. The normalized spacial score (nSPS) is 21.8. The highest BCUT2D eigenvalue weighted by atomic mass is 79.9. The lowest BCUT2D eigenvalue weighted by molar-refractivity contribution is -0.134. The van der Waals surface area contributed by atoms with Gasteiger partial charge in [-0.15, -0.1) is 0 Å². The predicted molar refractivity (Wildman–Crippen MR) is 80.9 cm³/mol. The van der Waals surface area contributed by atoms with Crippen LogP contribution in [0, 0.1) is 17.3 Å². The highest BCUT2D eigenvalue weighted by Crippen LogP contribution is 2.30. The van der Waals surface area contributed by atoms with E-state index < -0.39 is 0 Å². The standard InChI is InChI=1S/C15H28BrNO/c1-11(15(3,4)5)10-14(18)17-8-6-13(7-9-17)12(2)16/h11-13H,6-10H2,1-5H3. The van der Waals surface area contributed by atoms with Crippen LogP contribution in [0.5, 0.6) is 0 Å². The molecule has 0 saturated carbocycles. The molecule has 1 rings (SSSR count). The van der Waals surface area contributed by atoms with Crippen LogP contribution < -0.4 is 0 Å². The van der Waals surface area contributed by atoms with Crippen LogP contribution in [0.25, 0.3) is 0 Å². The van der Waals surface area contributed by atoms with Gasteiger partial charge in [0, 0.05) is 24.3 Å². The number of halogens is 1. The summed E-state index contributed by atoms with van der Waals surface area (Å²) in [6, 6.07) is 0. The van der Waals surface area contributed by atoms with E-state index in [4.69, 9.17) is 0 Å². The zero-order chi connectivity index (χ0) is 13.9. The van der Waals surface area contributed by atoms with Crippen molar-refractivity contribution in [3.8, 4) is 0 Å². The van der Waals surface area contributed by atoms with E-state index in [9.17, 15) is 4.79 Å². The first-order chi connectivity index (χ1) is 8.21. The van der Waals surface area contributed by atoms with E-state index in [2.05, 4.69) is 55.4 Å². The number of hydrogen-bond acceptors (Lipinski definition) is 1. The molecule has 0 spiro atoms. The van der Waals surface area contributed by atoms with Gasteiger partial charge in [0.2, 0.25) is 5.91 Å². The van der Waals surface area contributed by atoms with Crippen LogP contribution in [0.1, 0.15) is 53.9 Å². The van der Waals surface area contributed by atoms with E-state index >= 15 is 0 Å². The summed E-state index contributed by atoms with van der Waals surface area (Å²) in [7, 11) is 0. The maximum atomic E-state index is 12.2. The Kier molecular flexibility index (Phi) is 5.69. The van der Waals surface area contributed by atoms with Crippen molar-refractivity contribution in [2.24, 2.45) is 17.3 Å². The second-order valence-corrected chi connectivity index (χ2v) is 8.31. The van der Waals surface area contributed by atoms with E-state index in [1.54, 1.807) is 0 Å². The minimum absolute atomic E-state index is 0.221. The quantitative estimate of drug-likeness (QED) is 0.718. The van der Waals surface area contributed by atoms with Crippen molar-refractivity contribution in [3.63, 3.8) is 0 Å². The van der Waals surface area contributed by atoms with Gasteiger partial charge in [0.05, 0.1) is 0 Å². The molecular formula is C15H28BrNO. The van der Waals surface area contributed by atoms with E-state index in [1.165, 1.54) is 0 Å². The van der Waals surface area contributed by atoms with Crippen LogP contribution in [-0.4, -0.2) is 28.7 Å². The summed E-state index contributed by atoms with van der Waals surface area (Å²) < 4.78 is 0. The van der Waals surface area contributed by atoms with Gasteiger partial charge < -0.3 is 4.90 Å². The van der Waals surface area contributed by atoms with Gasteiger partial charge in [0.15, 0.2) is 0 Å². The molecule has 1 heterocycles. The maximum absolute atomic E-state index is 12.2. The Labute approximate surface area is 121 Å². The molecule has 0 aliphatic carbocycles. The molecule has 1 amide bonds. The lowest BCUT2D eigenvalue weighted by Gasteiger charge is -2.35. The molecule has 2 nitrogen and oxygen atoms in total. The van der Waals surface area contributed by atoms with Crippen LogP contribution in [0.3, 0.4) is 0 Å². The average molecular weight is 318 g/mol. The minimum atomic E-state index is 0.221. The summed E-state index contributed by atoms with van der Waals surface area (Å²) in [6.07, 6.45) is 2.97. The Morgan fingerprint density at radius 1 is 1.28 bits per heavy atom. The van der Waals surface area contributed by atoms with E-state index in [0.717, 1.165) is 31.8 Å². The van der Waals surface area contributed by atoms with Crippen molar-refractivity contribution >= 4 is 21.8 Å². The first kappa shape index (κ1) is 16.0. The molecule has 2 unspecified atom stereocenters. The van der Waals surface area contributed by atoms with E-state index in [-0.39, 0.29) is 5.41 Å². The van der Waals surface area contributed by atoms with Gasteiger partial charge in [-0.3, -0.25) is 4.79 Å². The molecule has 3 heteroatoms. The molecule has 1 aliphatic heterocycles. The van der Waals surface area contributed by atoms with Crippen molar-refractivity contribution in [2.75, 3.05) is 13.1 Å². The minimum Gasteiger partial charge on any atom is -0.343 e. The fraction of sp³-hybridized carbons (Fsp3) is 0.933. The van der Waals surface area contributed by atoms with Crippen molar-refractivity contribution < 1.29 is 4.79 Å². The molecule has 0 N–H and O–H groups in total. The number of carbonyl (C=O) groups excluding carboxylic acids is 1. The molecule has 1 fully saturated rings. The summed E-state index contributed by atoms with van der Waals surface area (Å²) in [5, 5.41) is 0. The number of carbonyl (C=O) groups is 1. The lowest BCUT2D eigenvalue weighted by atomic mass is 9.80. The summed E-state index contributed by atoms with van der Waals surface area (Å²) in [5.41, 5.74) is 0.221. The highest BCUT2D eigenvalue weighted by molar-refractivity contribution is 9.09. The third-order valence-electron chi connectivity index (χ3n) is 4.50. The van der Waals surface area contributed by atoms with Crippen molar-refractivity contribution in [3.05, 3.63) is 0 Å². The number of nitrogens with zero attached hydrogens (tertiary/aromatic N) is 1. The Bertz CT molecular complexity index is 275. The summed E-state index contributed by atoms with van der Waals surface area (Å²) in [4.78, 5) is 14.9. The molecule has 1 saturated heterocycles. The second-order valence-electron chi connectivity index (χ2n) is 6.87. The fourth-order valence-corrected chi connectivity index (χ4v) is 2.83. The third-order valence-corrected chi connectivity index (χ3v) is 5.25. The van der Waals surface area contributed by atoms with Gasteiger partial charge in [-0.1, -0.05) is 50.5 Å². The number of hydrogen-bond donors (Lipinski definition) is 0. The van der Waals surface area contributed by atoms with Crippen LogP contribution in [0.15, 0.2) is 0 Å². The molecule has 0 aromatic rings. The molecule has 18 heavy (non-hydrogen) atoms. The van der Waals surface area contributed by atoms with Crippen LogP contribution in [-0.2, 0) is 4.79 Å². The van der Waals surface area contributed by atoms with Gasteiger partial charge in [0.1, 0.15) is 0 Å². The summed E-state index contributed by atoms with van der Waals surface area (Å²) in [5.74, 6) is 1.52. The second kappa shape index (κ2) is 6.40. The highest BCUT2D eigenvalue weighted by Gasteiger charge is 2.28. The Balaban J connectivity index is 2.41. The van der Waals surface area contributed by atoms with Crippen LogP contribution in [0.4, 0.5) is 0 Å². The van der Waals surface area contributed by atoms with Gasteiger partial charge >= 0.3 is 0 Å². The first-order valence-corrected chi connectivity index (χ1v) is 8.05. The van der Waals surface area contributed by atoms with Gasteiger partial charge in [-0.05, 0) is 30.1 Å². The number of likely N-dealkylation sites (tertiary alicyclic amines) is 1. The monoisotopic (exact) mass is 317 g/mol. The Hall–Kier alpha value is -0.0500. The molecule has 2 atom stereocenters. The zero-order valence-corrected chi connectivity index (χ0v) is 14.1. The molecule has 0 radical (unpaired) electrons. The Morgan fingerprint density at radius 2 is 1.78 bits per heavy atom. The number of rotatable bonds is 3. The smallest absolute Gasteiger partial charge is 0.222 e. The van der Waals surface area contributed by atoms with Crippen LogP contribution >= 0.6 is 15.9 Å². The van der Waals surface area contributed by atoms with Crippen molar-refractivity contribution in [1.29, 1.82) is 0 Å². The number of amides is 1. The average Bonchev–Trinajstić information content (AvgIpc) is 2.27. The molecule has 106 valence electrons. The molecule has 0 aromatic heterocycles. The van der Waals surface area contributed by atoms with E-state index in [0.29, 0.717) is 23.1 Å². The maximum Gasteiger partial charge on any atom is 0.222 e. The molecular weight excluding hydrogens is 290 g/mol. The molecule has 0 aromatic carbocycles. The van der Waals surface area contributed by atoms with Gasteiger partial charge in [0.25, 0.3) is 0 Å². The topological polar surface area (TPSA) is 20.3 Å². The largest absolute Gasteiger partial charge is 0.343 e. The third kappa shape index (κ3) is 4.56. The SMILES string of the molecule is CC(Br)C1CCN(C(=O)CC(C)C(C)(C)C)CC1. The van der Waals surface area contributed by atoms with Crippen LogP contribution in [0.2, 0.25) is 0 Å². The Morgan fingerprint density at radius 3 is 2.17 bits per heavy atom. The molecule has 1 aliphatic rings. The van der Waals surface area contributed by atoms with Crippen molar-refractivity contribution in [2.45, 2.75) is 58.7 Å². The fourth-order valence-electron chi connectivity index (χ4n) is 2.31. The lowest BCUT2D eigenvalue weighted by Crippen LogP contribution is -2.41. The van der Waals surface area contributed by atoms with Gasteiger partial charge in [-0.2, -0.15) is 0 Å². The summed E-state index contributed by atoms with van der Waals surface area (Å²) in [6.45, 7) is 12.9. The van der Waals surface area contributed by atoms with Crippen molar-refractivity contribution in [1.82, 2.24) is 4.90 Å². The zero-order valence-electron chi connectivity index (χ0n) is 12.5. The molecule has 0 bridgehead atoms. The number of piperidine rings is 1. The predicted octanol–water partition coefficient (Wildman–Crippen LogP) is 4.08. The number of alkyl halides is 1. The van der Waals surface area contributed by atoms with E-state index in [1.807, 2.05) is 0 Å². The van der Waals surface area contributed by atoms with Gasteiger partial charge in [-0.25, -0.2) is 0 Å².